The van der Waals surface area contributed by atoms with Crippen molar-refractivity contribution < 1.29 is 37.4 Å². The minimum Gasteiger partial charge on any atom is -0.432 e. The van der Waals surface area contributed by atoms with Gasteiger partial charge in [0.2, 0.25) is 0 Å². The molecule has 101 valence electrons. The molecule has 0 saturated heterocycles. The predicted molar refractivity (Wildman–Crippen MR) is 77.0 cm³/mol. The Morgan fingerprint density at radius 3 is 2.42 bits per heavy atom. The average molecular weight is 334 g/mol. The largest absolute Gasteiger partial charge is 0.432 e. The van der Waals surface area contributed by atoms with E-state index in [0.29, 0.717) is 17.7 Å². The van der Waals surface area contributed by atoms with E-state index in [1.807, 2.05) is 24.1 Å². The number of hydrogen-bond donors (Lipinski definition) is 0. The number of hydrogen-bond acceptors (Lipinski definition) is 2. The monoisotopic (exact) mass is 334 g/mol. The molecule has 0 saturated carbocycles. The molecule has 0 fully saturated rings. The Labute approximate surface area is 141 Å². The van der Waals surface area contributed by atoms with E-state index in [1.165, 1.54) is 5.56 Å². The number of aliphatic imine (C=N–C) groups is 1. The molecule has 0 amide bonds. The first kappa shape index (κ1) is 18.3. The first-order chi connectivity index (χ1) is 8.45. The Balaban J connectivity index is 0.00000324. The summed E-state index contributed by atoms with van der Waals surface area (Å²) < 4.78 is 5.46. The zero-order valence-corrected chi connectivity index (χ0v) is 15.2. The van der Waals surface area contributed by atoms with Crippen LogP contribution < -0.4 is 4.90 Å². The number of nitrogens with zero attached hydrogens (tertiary/aromatic N) is 2. The second-order valence-corrected chi connectivity index (χ2v) is 4.53. The maximum atomic E-state index is 5.46. The Hall–Kier alpha value is -0.666. The van der Waals surface area contributed by atoms with Crippen molar-refractivity contribution in [3.05, 3.63) is 42.2 Å². The molecule has 0 spiro atoms. The molecule has 1 aromatic carbocycles. The molecule has 0 unspecified atom stereocenters. The fraction of sp³-hybridized carbons (Fsp3) is 0.400. The Bertz CT molecular complexity index is 438. The molecule has 1 radical (unpaired) electrons. The van der Waals surface area contributed by atoms with Gasteiger partial charge in [0, 0.05) is 46.8 Å². The summed E-state index contributed by atoms with van der Waals surface area (Å²) in [7, 11) is 3.60. The summed E-state index contributed by atoms with van der Waals surface area (Å²) in [6.07, 6.45) is 0. The van der Waals surface area contributed by atoms with Crippen molar-refractivity contribution in [3.8, 4) is 0 Å². The van der Waals surface area contributed by atoms with Gasteiger partial charge in [0.15, 0.2) is 0 Å². The summed E-state index contributed by atoms with van der Waals surface area (Å²) in [5.74, 6) is 1.10. The van der Waals surface area contributed by atoms with Crippen LogP contribution in [0.25, 0.3) is 0 Å². The summed E-state index contributed by atoms with van der Waals surface area (Å²) in [5.41, 5.74) is 2.18. The van der Waals surface area contributed by atoms with Crippen LogP contribution in [-0.2, 0) is 37.4 Å². The van der Waals surface area contributed by atoms with E-state index in [0.717, 1.165) is 5.69 Å². The van der Waals surface area contributed by atoms with Crippen molar-refractivity contribution in [2.45, 2.75) is 26.7 Å². The van der Waals surface area contributed by atoms with Gasteiger partial charge in [0.1, 0.15) is 0 Å². The molecule has 3 nitrogen and oxygen atoms in total. The SMILES string of the molecule is C=C(C)OC(=NC)N(C)c1c[c-]c(C(C)C)cc1.[Y]. The van der Waals surface area contributed by atoms with Crippen LogP contribution in [0.3, 0.4) is 0 Å². The summed E-state index contributed by atoms with van der Waals surface area (Å²) in [6, 6.07) is 9.86. The van der Waals surface area contributed by atoms with Gasteiger partial charge in [-0.15, -0.1) is 6.07 Å². The van der Waals surface area contributed by atoms with Crippen molar-refractivity contribution in [2.75, 3.05) is 19.0 Å². The maximum Gasteiger partial charge on any atom is 0.285 e. The Morgan fingerprint density at radius 2 is 2.05 bits per heavy atom. The van der Waals surface area contributed by atoms with Gasteiger partial charge in [-0.2, -0.15) is 23.8 Å². The third-order valence-electron chi connectivity index (χ3n) is 2.57. The molecule has 4 heteroatoms. The van der Waals surface area contributed by atoms with E-state index in [-0.39, 0.29) is 32.7 Å². The van der Waals surface area contributed by atoms with Crippen LogP contribution in [0.5, 0.6) is 0 Å². The molecular formula is C15H21N2OY-. The van der Waals surface area contributed by atoms with Gasteiger partial charge in [0.05, 0.1) is 5.76 Å². The fourth-order valence-corrected chi connectivity index (χ4v) is 1.53. The van der Waals surface area contributed by atoms with Gasteiger partial charge in [0.25, 0.3) is 6.02 Å². The summed E-state index contributed by atoms with van der Waals surface area (Å²) in [5, 5.41) is 0. The topological polar surface area (TPSA) is 24.8 Å². The molecule has 0 aliphatic rings. The van der Waals surface area contributed by atoms with Crippen LogP contribution in [0.2, 0.25) is 0 Å². The van der Waals surface area contributed by atoms with Crippen LogP contribution in [0.15, 0.2) is 35.5 Å². The molecule has 0 heterocycles. The number of anilines is 1. The second-order valence-electron chi connectivity index (χ2n) is 4.53. The van der Waals surface area contributed by atoms with Crippen LogP contribution in [0, 0.1) is 6.07 Å². The van der Waals surface area contributed by atoms with Gasteiger partial charge in [-0.25, -0.2) is 4.99 Å². The van der Waals surface area contributed by atoms with Crippen molar-refractivity contribution in [2.24, 2.45) is 4.99 Å². The molecule has 0 aliphatic heterocycles. The summed E-state index contributed by atoms with van der Waals surface area (Å²) in [4.78, 5) is 5.98. The van der Waals surface area contributed by atoms with Crippen LogP contribution in [0.1, 0.15) is 32.3 Å². The zero-order valence-electron chi connectivity index (χ0n) is 12.4. The van der Waals surface area contributed by atoms with Crippen LogP contribution in [-0.4, -0.2) is 20.1 Å². The molecule has 0 N–H and O–H groups in total. The average Bonchev–Trinajstić information content (AvgIpc) is 2.35. The molecule has 1 rings (SSSR count). The molecule has 19 heavy (non-hydrogen) atoms. The van der Waals surface area contributed by atoms with E-state index in [2.05, 4.69) is 37.6 Å². The molecule has 0 aromatic heterocycles. The molecule has 0 aliphatic carbocycles. The van der Waals surface area contributed by atoms with Crippen LogP contribution in [0.4, 0.5) is 5.69 Å². The summed E-state index contributed by atoms with van der Waals surface area (Å²) >= 11 is 0. The van der Waals surface area contributed by atoms with E-state index in [9.17, 15) is 0 Å². The smallest absolute Gasteiger partial charge is 0.285 e. The fourth-order valence-electron chi connectivity index (χ4n) is 1.53. The normalized spacial score (nSPS) is 10.9. The molecule has 0 bridgehead atoms. The number of benzene rings is 1. The van der Waals surface area contributed by atoms with E-state index >= 15 is 0 Å². The van der Waals surface area contributed by atoms with Crippen molar-refractivity contribution in [1.29, 1.82) is 0 Å². The molecule has 1 aromatic rings. The second kappa shape index (κ2) is 8.49. The van der Waals surface area contributed by atoms with E-state index < -0.39 is 0 Å². The maximum absolute atomic E-state index is 5.46. The third kappa shape index (κ3) is 5.46. The number of amidine groups is 1. The standard InChI is InChI=1S/C15H21N2O.Y/c1-11(2)13-7-9-14(10-8-13)17(6)15(16-5)18-12(3)4;/h7,9-11H,3H2,1-2,4-6H3;/q-1;. The minimum absolute atomic E-state index is 0. The Kier molecular flexibility index (Phi) is 8.20. The first-order valence-corrected chi connectivity index (χ1v) is 6.01. The number of allylic oxidation sites excluding steroid dienone is 1. The number of ether oxygens (including phenoxy) is 1. The predicted octanol–water partition coefficient (Wildman–Crippen LogP) is 3.58. The quantitative estimate of drug-likeness (QED) is 0.365. The van der Waals surface area contributed by atoms with E-state index in [1.54, 1.807) is 14.0 Å². The van der Waals surface area contributed by atoms with E-state index in [4.69, 9.17) is 4.74 Å². The van der Waals surface area contributed by atoms with Gasteiger partial charge >= 0.3 is 0 Å². The van der Waals surface area contributed by atoms with Gasteiger partial charge in [-0.3, -0.25) is 0 Å². The van der Waals surface area contributed by atoms with Crippen molar-refractivity contribution >= 4 is 11.7 Å². The Morgan fingerprint density at radius 1 is 1.42 bits per heavy atom. The van der Waals surface area contributed by atoms with Crippen molar-refractivity contribution in [3.63, 3.8) is 0 Å². The molecular weight excluding hydrogens is 313 g/mol. The van der Waals surface area contributed by atoms with Crippen molar-refractivity contribution in [1.82, 2.24) is 0 Å². The van der Waals surface area contributed by atoms with Crippen LogP contribution >= 0.6 is 0 Å². The van der Waals surface area contributed by atoms with Gasteiger partial charge in [-0.1, -0.05) is 26.1 Å². The third-order valence-corrected chi connectivity index (χ3v) is 2.57. The molecule has 0 atom stereocenters. The summed E-state index contributed by atoms with van der Waals surface area (Å²) in [6.45, 7) is 9.82. The van der Waals surface area contributed by atoms with Gasteiger partial charge < -0.3 is 9.64 Å². The zero-order chi connectivity index (χ0) is 13.7. The minimum atomic E-state index is 0. The first-order valence-electron chi connectivity index (χ1n) is 6.01. The number of rotatable bonds is 3. The van der Waals surface area contributed by atoms with Gasteiger partial charge in [-0.05, 0) is 12.8 Å².